The van der Waals surface area contributed by atoms with Crippen LogP contribution >= 0.6 is 11.3 Å². The van der Waals surface area contributed by atoms with Crippen LogP contribution in [0.25, 0.3) is 11.3 Å². The van der Waals surface area contributed by atoms with Crippen molar-refractivity contribution in [3.63, 3.8) is 0 Å². The molecule has 0 atom stereocenters. The molecule has 1 aromatic heterocycles. The second-order valence-electron chi connectivity index (χ2n) is 5.59. The van der Waals surface area contributed by atoms with Gasteiger partial charge in [0.25, 0.3) is 5.91 Å². The van der Waals surface area contributed by atoms with Crippen molar-refractivity contribution in [3.05, 3.63) is 59.2 Å². The molecule has 1 N–H and O–H groups in total. The number of nitrogens with one attached hydrogen (secondary N) is 1. The summed E-state index contributed by atoms with van der Waals surface area (Å²) in [6.07, 6.45) is 0. The van der Waals surface area contributed by atoms with E-state index in [0.29, 0.717) is 40.1 Å². The molecule has 0 bridgehead atoms. The highest BCUT2D eigenvalue weighted by molar-refractivity contribution is 7.14. The van der Waals surface area contributed by atoms with Crippen LogP contribution in [0.5, 0.6) is 11.5 Å². The van der Waals surface area contributed by atoms with Gasteiger partial charge in [0.05, 0.1) is 23.9 Å². The van der Waals surface area contributed by atoms with Crippen molar-refractivity contribution in [2.24, 2.45) is 0 Å². The lowest BCUT2D eigenvalue weighted by molar-refractivity contribution is -0.118. The molecule has 142 valence electrons. The van der Waals surface area contributed by atoms with Crippen LogP contribution < -0.4 is 14.8 Å². The van der Waals surface area contributed by atoms with E-state index in [-0.39, 0.29) is 12.4 Å². The molecule has 1 amide bonds. The van der Waals surface area contributed by atoms with E-state index in [1.807, 2.05) is 13.0 Å². The predicted molar refractivity (Wildman–Crippen MR) is 104 cm³/mol. The van der Waals surface area contributed by atoms with Gasteiger partial charge in [-0.05, 0) is 31.2 Å². The van der Waals surface area contributed by atoms with Gasteiger partial charge in [-0.25, -0.2) is 9.37 Å². The highest BCUT2D eigenvalue weighted by Gasteiger charge is 2.12. The van der Waals surface area contributed by atoms with E-state index in [1.165, 1.54) is 23.5 Å². The normalized spacial score (nSPS) is 10.2. The maximum atomic E-state index is 13.3. The SMILES string of the molecule is CCOc1cc(C#N)ccc1OCC(=O)Nc1nc(-c2cccc(F)c2)cs1. The Hall–Kier alpha value is -3.44. The summed E-state index contributed by atoms with van der Waals surface area (Å²) >= 11 is 1.23. The molecule has 0 aliphatic heterocycles. The first-order valence-corrected chi connectivity index (χ1v) is 9.28. The Morgan fingerprint density at radius 3 is 2.86 bits per heavy atom. The van der Waals surface area contributed by atoms with Crippen molar-refractivity contribution < 1.29 is 18.7 Å². The van der Waals surface area contributed by atoms with Crippen LogP contribution in [0, 0.1) is 17.1 Å². The van der Waals surface area contributed by atoms with E-state index in [1.54, 1.807) is 35.7 Å². The van der Waals surface area contributed by atoms with E-state index in [4.69, 9.17) is 14.7 Å². The van der Waals surface area contributed by atoms with Crippen molar-refractivity contribution >= 4 is 22.4 Å². The van der Waals surface area contributed by atoms with Crippen molar-refractivity contribution in [2.75, 3.05) is 18.5 Å². The van der Waals surface area contributed by atoms with Crippen LogP contribution in [0.1, 0.15) is 12.5 Å². The number of halogens is 1. The number of carbonyl (C=O) groups is 1. The number of anilines is 1. The molecule has 6 nitrogen and oxygen atoms in total. The molecule has 3 aromatic rings. The molecule has 1 heterocycles. The van der Waals surface area contributed by atoms with Crippen LogP contribution in [-0.4, -0.2) is 24.1 Å². The van der Waals surface area contributed by atoms with Crippen molar-refractivity contribution in [2.45, 2.75) is 6.92 Å². The van der Waals surface area contributed by atoms with E-state index in [9.17, 15) is 9.18 Å². The third kappa shape index (κ3) is 4.84. The molecular formula is C20H16FN3O3S. The zero-order valence-electron chi connectivity index (χ0n) is 14.9. The summed E-state index contributed by atoms with van der Waals surface area (Å²) in [5.74, 6) is 0.0246. The molecule has 3 rings (SSSR count). The molecular weight excluding hydrogens is 381 g/mol. The fourth-order valence-corrected chi connectivity index (χ4v) is 3.11. The summed E-state index contributed by atoms with van der Waals surface area (Å²) in [7, 11) is 0. The molecule has 0 aliphatic carbocycles. The number of carbonyl (C=O) groups excluding carboxylic acids is 1. The Labute approximate surface area is 165 Å². The first kappa shape index (κ1) is 19.3. The lowest BCUT2D eigenvalue weighted by Gasteiger charge is -2.11. The second-order valence-corrected chi connectivity index (χ2v) is 6.45. The maximum Gasteiger partial charge on any atom is 0.264 e. The fourth-order valence-electron chi connectivity index (χ4n) is 2.38. The second kappa shape index (κ2) is 8.97. The summed E-state index contributed by atoms with van der Waals surface area (Å²) in [5.41, 5.74) is 1.64. The summed E-state index contributed by atoms with van der Waals surface area (Å²) in [6.45, 7) is 1.97. The average molecular weight is 397 g/mol. The Balaban J connectivity index is 1.62. The summed E-state index contributed by atoms with van der Waals surface area (Å²) in [5, 5.41) is 13.7. The number of rotatable bonds is 7. The summed E-state index contributed by atoms with van der Waals surface area (Å²) < 4.78 is 24.3. The van der Waals surface area contributed by atoms with Crippen molar-refractivity contribution in [1.82, 2.24) is 4.98 Å². The van der Waals surface area contributed by atoms with Gasteiger partial charge in [-0.2, -0.15) is 5.26 Å². The zero-order valence-corrected chi connectivity index (χ0v) is 15.8. The lowest BCUT2D eigenvalue weighted by Crippen LogP contribution is -2.20. The number of benzene rings is 2. The Kier molecular flexibility index (Phi) is 6.19. The third-order valence-electron chi connectivity index (χ3n) is 3.60. The minimum atomic E-state index is -0.396. The molecule has 8 heteroatoms. The number of hydrogen-bond acceptors (Lipinski definition) is 6. The van der Waals surface area contributed by atoms with Crippen LogP contribution in [0.15, 0.2) is 47.8 Å². The Bertz CT molecular complexity index is 1030. The van der Waals surface area contributed by atoms with Gasteiger partial charge in [0.15, 0.2) is 23.2 Å². The van der Waals surface area contributed by atoms with E-state index >= 15 is 0 Å². The number of thiazole rings is 1. The van der Waals surface area contributed by atoms with Crippen LogP contribution in [-0.2, 0) is 4.79 Å². The van der Waals surface area contributed by atoms with E-state index in [0.717, 1.165) is 0 Å². The minimum Gasteiger partial charge on any atom is -0.490 e. The van der Waals surface area contributed by atoms with Crippen LogP contribution in [0.2, 0.25) is 0 Å². The average Bonchev–Trinajstić information content (AvgIpc) is 3.15. The molecule has 0 unspecified atom stereocenters. The molecule has 0 fully saturated rings. The Morgan fingerprint density at radius 2 is 2.11 bits per heavy atom. The molecule has 0 saturated carbocycles. The van der Waals surface area contributed by atoms with Crippen molar-refractivity contribution in [1.29, 1.82) is 5.26 Å². The first-order chi connectivity index (χ1) is 13.6. The van der Waals surface area contributed by atoms with Gasteiger partial charge in [0.1, 0.15) is 5.82 Å². The molecule has 0 radical (unpaired) electrons. The molecule has 28 heavy (non-hydrogen) atoms. The number of aromatic nitrogens is 1. The fraction of sp³-hybridized carbons (Fsp3) is 0.150. The molecule has 0 aliphatic rings. The summed E-state index contributed by atoms with van der Waals surface area (Å²) in [4.78, 5) is 16.4. The monoisotopic (exact) mass is 397 g/mol. The molecule has 0 saturated heterocycles. The number of nitriles is 1. The summed E-state index contributed by atoms with van der Waals surface area (Å²) in [6, 6.07) is 12.8. The largest absolute Gasteiger partial charge is 0.490 e. The zero-order chi connectivity index (χ0) is 19.9. The molecule has 2 aromatic carbocycles. The number of ether oxygens (including phenoxy) is 2. The minimum absolute atomic E-state index is 0.249. The topological polar surface area (TPSA) is 84.2 Å². The molecule has 0 spiro atoms. The van der Waals surface area contributed by atoms with Gasteiger partial charge in [-0.15, -0.1) is 11.3 Å². The van der Waals surface area contributed by atoms with Gasteiger partial charge in [0, 0.05) is 17.0 Å². The highest BCUT2D eigenvalue weighted by atomic mass is 32.1. The van der Waals surface area contributed by atoms with Gasteiger partial charge in [0.2, 0.25) is 0 Å². The standard InChI is InChI=1S/C20H16FN3O3S/c1-2-26-18-8-13(10-22)6-7-17(18)27-11-19(25)24-20-23-16(12-28-20)14-4-3-5-15(21)9-14/h3-9,12H,2,11H2,1H3,(H,23,24,25). The highest BCUT2D eigenvalue weighted by Crippen LogP contribution is 2.29. The van der Waals surface area contributed by atoms with Gasteiger partial charge >= 0.3 is 0 Å². The van der Waals surface area contributed by atoms with Gasteiger partial charge in [-0.1, -0.05) is 12.1 Å². The quantitative estimate of drug-likeness (QED) is 0.645. The van der Waals surface area contributed by atoms with Crippen molar-refractivity contribution in [3.8, 4) is 28.8 Å². The van der Waals surface area contributed by atoms with Gasteiger partial charge < -0.3 is 9.47 Å². The van der Waals surface area contributed by atoms with E-state index < -0.39 is 5.91 Å². The van der Waals surface area contributed by atoms with E-state index in [2.05, 4.69) is 10.3 Å². The van der Waals surface area contributed by atoms with Crippen LogP contribution in [0.3, 0.4) is 0 Å². The maximum absolute atomic E-state index is 13.3. The number of nitrogens with zero attached hydrogens (tertiary/aromatic N) is 2. The smallest absolute Gasteiger partial charge is 0.264 e. The Morgan fingerprint density at radius 1 is 1.25 bits per heavy atom. The van der Waals surface area contributed by atoms with Crippen LogP contribution in [0.4, 0.5) is 9.52 Å². The number of amides is 1. The first-order valence-electron chi connectivity index (χ1n) is 8.40. The third-order valence-corrected chi connectivity index (χ3v) is 4.36. The number of hydrogen-bond donors (Lipinski definition) is 1. The predicted octanol–water partition coefficient (Wildman–Crippen LogP) is 4.24. The lowest BCUT2D eigenvalue weighted by atomic mass is 10.2. The van der Waals surface area contributed by atoms with Gasteiger partial charge in [-0.3, -0.25) is 10.1 Å².